The number of halogens is 3. The summed E-state index contributed by atoms with van der Waals surface area (Å²) in [5.74, 6) is -0.493. The minimum absolute atomic E-state index is 0.0909. The van der Waals surface area contributed by atoms with Crippen molar-refractivity contribution in [1.82, 2.24) is 0 Å². The zero-order valence-corrected chi connectivity index (χ0v) is 15.1. The van der Waals surface area contributed by atoms with Gasteiger partial charge in [-0.05, 0) is 30.3 Å². The molecule has 1 N–H and O–H groups in total. The third kappa shape index (κ3) is 4.87. The lowest BCUT2D eigenvalue weighted by atomic mass is 10.2. The molecule has 0 saturated carbocycles. The largest absolute Gasteiger partial charge is 0.326 e. The fraction of sp³-hybridized carbons (Fsp3) is 0.176. The van der Waals surface area contributed by atoms with E-state index in [-0.39, 0.29) is 24.8 Å². The number of benzene rings is 2. The molecular weight excluding hydrogens is 371 g/mol. The maximum atomic E-state index is 12.1. The fourth-order valence-electron chi connectivity index (χ4n) is 2.18. The van der Waals surface area contributed by atoms with E-state index in [0.717, 1.165) is 0 Å². The smallest absolute Gasteiger partial charge is 0.226 e. The molecule has 2 aromatic carbocycles. The molecule has 2 aromatic rings. The lowest BCUT2D eigenvalue weighted by Gasteiger charge is -2.23. The van der Waals surface area contributed by atoms with Gasteiger partial charge in [0.05, 0.1) is 15.7 Å². The van der Waals surface area contributed by atoms with E-state index in [1.165, 1.54) is 11.8 Å². The number of carbonyl (C=O) groups excluding carboxylic acids is 2. The van der Waals surface area contributed by atoms with Crippen LogP contribution in [0.5, 0.6) is 0 Å². The molecule has 0 radical (unpaired) electrons. The highest BCUT2D eigenvalue weighted by Crippen LogP contribution is 2.33. The van der Waals surface area contributed by atoms with Gasteiger partial charge in [0.15, 0.2) is 0 Å². The molecule has 0 aliphatic rings. The topological polar surface area (TPSA) is 49.4 Å². The second kappa shape index (κ2) is 8.38. The van der Waals surface area contributed by atoms with Crippen LogP contribution in [0.4, 0.5) is 11.4 Å². The number of hydrogen-bond donors (Lipinski definition) is 1. The van der Waals surface area contributed by atoms with Gasteiger partial charge in [-0.2, -0.15) is 0 Å². The molecule has 0 spiro atoms. The number of para-hydroxylation sites is 1. The third-order valence-corrected chi connectivity index (χ3v) is 4.10. The summed E-state index contributed by atoms with van der Waals surface area (Å²) in [5, 5.41) is 3.97. The van der Waals surface area contributed by atoms with Crippen LogP contribution in [0.1, 0.15) is 13.3 Å². The Hall–Kier alpha value is -1.75. The first-order chi connectivity index (χ1) is 11.4. The van der Waals surface area contributed by atoms with Crippen molar-refractivity contribution in [2.45, 2.75) is 13.3 Å². The van der Waals surface area contributed by atoms with Crippen molar-refractivity contribution in [3.05, 3.63) is 57.5 Å². The van der Waals surface area contributed by atoms with E-state index >= 15 is 0 Å². The molecule has 0 aliphatic heterocycles. The Morgan fingerprint density at radius 2 is 1.67 bits per heavy atom. The van der Waals surface area contributed by atoms with E-state index in [2.05, 4.69) is 5.32 Å². The minimum atomic E-state index is -0.249. The van der Waals surface area contributed by atoms with Crippen molar-refractivity contribution in [3.63, 3.8) is 0 Å². The maximum absolute atomic E-state index is 12.1. The zero-order valence-electron chi connectivity index (χ0n) is 12.9. The van der Waals surface area contributed by atoms with Gasteiger partial charge in [-0.1, -0.05) is 46.9 Å². The third-order valence-electron chi connectivity index (χ3n) is 3.26. The summed E-state index contributed by atoms with van der Waals surface area (Å²) in [4.78, 5) is 25.4. The lowest BCUT2D eigenvalue weighted by Crippen LogP contribution is -2.32. The molecule has 2 rings (SSSR count). The second-order valence-electron chi connectivity index (χ2n) is 5.05. The van der Waals surface area contributed by atoms with Gasteiger partial charge in [-0.15, -0.1) is 0 Å². The molecule has 0 aromatic heterocycles. The van der Waals surface area contributed by atoms with Crippen molar-refractivity contribution in [1.29, 1.82) is 0 Å². The summed E-state index contributed by atoms with van der Waals surface area (Å²) in [6.07, 6.45) is 0.0909. The van der Waals surface area contributed by atoms with E-state index in [0.29, 0.717) is 26.4 Å². The average molecular weight is 386 g/mol. The molecule has 0 unspecified atom stereocenters. The maximum Gasteiger partial charge on any atom is 0.226 e. The van der Waals surface area contributed by atoms with Crippen LogP contribution in [-0.4, -0.2) is 18.4 Å². The van der Waals surface area contributed by atoms with Crippen molar-refractivity contribution < 1.29 is 9.59 Å². The van der Waals surface area contributed by atoms with Gasteiger partial charge in [-0.3, -0.25) is 9.59 Å². The molecule has 0 atom stereocenters. The minimum Gasteiger partial charge on any atom is -0.326 e. The number of hydrogen-bond acceptors (Lipinski definition) is 2. The van der Waals surface area contributed by atoms with Crippen molar-refractivity contribution in [2.75, 3.05) is 16.8 Å². The normalized spacial score (nSPS) is 10.3. The number of rotatable bonds is 5. The summed E-state index contributed by atoms with van der Waals surface area (Å²) in [6, 6.07) is 11.8. The van der Waals surface area contributed by atoms with Crippen LogP contribution in [-0.2, 0) is 9.59 Å². The SMILES string of the molecule is CC(=O)N(CCC(=O)Nc1cccc(Cl)c1)c1c(Cl)cccc1Cl. The Kier molecular flexibility index (Phi) is 6.49. The predicted molar refractivity (Wildman–Crippen MR) is 99.2 cm³/mol. The Morgan fingerprint density at radius 1 is 1.04 bits per heavy atom. The summed E-state index contributed by atoms with van der Waals surface area (Å²) < 4.78 is 0. The molecule has 7 heteroatoms. The van der Waals surface area contributed by atoms with E-state index in [1.807, 2.05) is 0 Å². The molecule has 0 aliphatic carbocycles. The van der Waals surface area contributed by atoms with Crippen LogP contribution in [0.3, 0.4) is 0 Å². The number of anilines is 2. The predicted octanol–water partition coefficient (Wildman–Crippen LogP) is 5.03. The second-order valence-corrected chi connectivity index (χ2v) is 6.30. The number of nitrogens with zero attached hydrogens (tertiary/aromatic N) is 1. The molecule has 126 valence electrons. The molecule has 0 bridgehead atoms. The number of nitrogens with one attached hydrogen (secondary N) is 1. The molecule has 0 heterocycles. The quantitative estimate of drug-likeness (QED) is 0.785. The van der Waals surface area contributed by atoms with Gasteiger partial charge in [0, 0.05) is 30.6 Å². The van der Waals surface area contributed by atoms with Crippen LogP contribution in [0.15, 0.2) is 42.5 Å². The van der Waals surface area contributed by atoms with E-state index in [9.17, 15) is 9.59 Å². The number of carbonyl (C=O) groups is 2. The standard InChI is InChI=1S/C17H15Cl3N2O2/c1-11(23)22(17-14(19)6-3-7-15(17)20)9-8-16(24)21-13-5-2-4-12(18)10-13/h2-7,10H,8-9H2,1H3,(H,21,24). The lowest BCUT2D eigenvalue weighted by molar-refractivity contribution is -0.117. The Bertz CT molecular complexity index is 745. The first-order valence-corrected chi connectivity index (χ1v) is 8.29. The molecule has 24 heavy (non-hydrogen) atoms. The van der Waals surface area contributed by atoms with Gasteiger partial charge in [0.25, 0.3) is 0 Å². The van der Waals surface area contributed by atoms with E-state index in [4.69, 9.17) is 34.8 Å². The Balaban J connectivity index is 2.07. The highest BCUT2D eigenvalue weighted by Gasteiger charge is 2.19. The first kappa shape index (κ1) is 18.6. The van der Waals surface area contributed by atoms with Gasteiger partial charge in [-0.25, -0.2) is 0 Å². The number of amides is 2. The van der Waals surface area contributed by atoms with Crippen LogP contribution >= 0.6 is 34.8 Å². The Labute approximate surface area is 155 Å². The fourth-order valence-corrected chi connectivity index (χ4v) is 2.97. The molecule has 0 fully saturated rings. The summed E-state index contributed by atoms with van der Waals surface area (Å²) in [5.41, 5.74) is 1.00. The van der Waals surface area contributed by atoms with Gasteiger partial charge in [0.2, 0.25) is 11.8 Å². The van der Waals surface area contributed by atoms with Crippen LogP contribution < -0.4 is 10.2 Å². The van der Waals surface area contributed by atoms with E-state index in [1.54, 1.807) is 42.5 Å². The highest BCUT2D eigenvalue weighted by molar-refractivity contribution is 6.39. The highest BCUT2D eigenvalue weighted by atomic mass is 35.5. The summed E-state index contributed by atoms with van der Waals surface area (Å²) in [6.45, 7) is 1.56. The first-order valence-electron chi connectivity index (χ1n) is 7.16. The van der Waals surface area contributed by atoms with Gasteiger partial charge < -0.3 is 10.2 Å². The van der Waals surface area contributed by atoms with Crippen molar-refractivity contribution >= 4 is 58.0 Å². The van der Waals surface area contributed by atoms with E-state index < -0.39 is 0 Å². The van der Waals surface area contributed by atoms with Crippen LogP contribution in [0.25, 0.3) is 0 Å². The van der Waals surface area contributed by atoms with Crippen LogP contribution in [0, 0.1) is 0 Å². The van der Waals surface area contributed by atoms with Crippen molar-refractivity contribution in [2.24, 2.45) is 0 Å². The van der Waals surface area contributed by atoms with Gasteiger partial charge >= 0.3 is 0 Å². The van der Waals surface area contributed by atoms with Crippen molar-refractivity contribution in [3.8, 4) is 0 Å². The van der Waals surface area contributed by atoms with Crippen LogP contribution in [0.2, 0.25) is 15.1 Å². The average Bonchev–Trinajstić information content (AvgIpc) is 2.49. The monoisotopic (exact) mass is 384 g/mol. The molecule has 0 saturated heterocycles. The Morgan fingerprint density at radius 3 is 2.25 bits per heavy atom. The molecular formula is C17H15Cl3N2O2. The zero-order chi connectivity index (χ0) is 17.7. The summed E-state index contributed by atoms with van der Waals surface area (Å²) in [7, 11) is 0. The summed E-state index contributed by atoms with van der Waals surface area (Å²) >= 11 is 18.2. The molecule has 2 amide bonds. The van der Waals surface area contributed by atoms with Gasteiger partial charge in [0.1, 0.15) is 0 Å². The molecule has 4 nitrogen and oxygen atoms in total.